The minimum Gasteiger partial charge on any atom is -0.396 e. The van der Waals surface area contributed by atoms with Crippen LogP contribution in [0.4, 0.5) is 5.82 Å². The molecule has 0 spiro atoms. The third kappa shape index (κ3) is 3.25. The molecule has 0 bridgehead atoms. The molecule has 1 amide bonds. The van der Waals surface area contributed by atoms with Crippen LogP contribution in [0.1, 0.15) is 30.3 Å². The fourth-order valence-electron chi connectivity index (χ4n) is 1.25. The van der Waals surface area contributed by atoms with Crippen molar-refractivity contribution in [1.82, 2.24) is 15.5 Å². The third-order valence-electron chi connectivity index (χ3n) is 2.15. The number of nitrogens with one attached hydrogen (secondary N) is 2. The minimum absolute atomic E-state index is 0.0213. The minimum atomic E-state index is -0.250. The zero-order valence-electron chi connectivity index (χ0n) is 8.66. The standard InChI is InChI=1S/C9H16N4O2/c1-2-6(3-4-14)11-9(15)7-5-8(10)13-12-7/h5-6,14H,2-4H2,1H3,(H,11,15)(H3,10,12,13). The molecule has 0 aromatic carbocycles. The van der Waals surface area contributed by atoms with Crippen LogP contribution in [0.3, 0.4) is 0 Å². The van der Waals surface area contributed by atoms with E-state index in [4.69, 9.17) is 10.8 Å². The van der Waals surface area contributed by atoms with E-state index in [2.05, 4.69) is 15.5 Å². The molecule has 1 aromatic rings. The lowest BCUT2D eigenvalue weighted by Gasteiger charge is -2.14. The van der Waals surface area contributed by atoms with Gasteiger partial charge in [-0.15, -0.1) is 0 Å². The van der Waals surface area contributed by atoms with Crippen LogP contribution >= 0.6 is 0 Å². The Bertz CT molecular complexity index is 324. The number of nitrogen functional groups attached to an aromatic ring is 1. The number of amides is 1. The number of aliphatic hydroxyl groups is 1. The Morgan fingerprint density at radius 3 is 3.00 bits per heavy atom. The van der Waals surface area contributed by atoms with E-state index in [9.17, 15) is 4.79 Å². The van der Waals surface area contributed by atoms with Crippen LogP contribution < -0.4 is 11.1 Å². The molecule has 5 N–H and O–H groups in total. The Labute approximate surface area is 87.9 Å². The number of nitrogens with two attached hydrogens (primary N) is 1. The molecule has 1 atom stereocenters. The molecule has 1 rings (SSSR count). The summed E-state index contributed by atoms with van der Waals surface area (Å²) in [5.74, 6) is 0.0369. The number of anilines is 1. The molecule has 1 unspecified atom stereocenters. The highest BCUT2D eigenvalue weighted by Crippen LogP contribution is 2.03. The number of nitrogens with zero attached hydrogens (tertiary/aromatic N) is 1. The van der Waals surface area contributed by atoms with Gasteiger partial charge in [0.15, 0.2) is 0 Å². The van der Waals surface area contributed by atoms with Gasteiger partial charge in [-0.05, 0) is 12.8 Å². The van der Waals surface area contributed by atoms with Crippen LogP contribution in [-0.4, -0.2) is 33.9 Å². The SMILES string of the molecule is CCC(CCO)NC(=O)c1cc(N)n[nH]1. The zero-order valence-corrected chi connectivity index (χ0v) is 8.66. The van der Waals surface area contributed by atoms with Gasteiger partial charge in [-0.2, -0.15) is 5.10 Å². The summed E-state index contributed by atoms with van der Waals surface area (Å²) in [5, 5.41) is 17.7. The molecule has 0 radical (unpaired) electrons. The average Bonchev–Trinajstić information content (AvgIpc) is 2.64. The number of hydrogen-bond donors (Lipinski definition) is 4. The van der Waals surface area contributed by atoms with Crippen molar-refractivity contribution < 1.29 is 9.90 Å². The molecule has 1 heterocycles. The number of aliphatic hydroxyl groups excluding tert-OH is 1. The van der Waals surface area contributed by atoms with Crippen molar-refractivity contribution >= 4 is 11.7 Å². The van der Waals surface area contributed by atoms with Crippen LogP contribution in [0.5, 0.6) is 0 Å². The van der Waals surface area contributed by atoms with Gasteiger partial charge >= 0.3 is 0 Å². The Kier molecular flexibility index (Phi) is 4.11. The quantitative estimate of drug-likeness (QED) is 0.546. The Balaban J connectivity index is 2.54. The molecule has 6 heteroatoms. The third-order valence-corrected chi connectivity index (χ3v) is 2.15. The van der Waals surface area contributed by atoms with Crippen LogP contribution in [0.25, 0.3) is 0 Å². The first-order valence-electron chi connectivity index (χ1n) is 4.90. The van der Waals surface area contributed by atoms with Crippen molar-refractivity contribution in [2.45, 2.75) is 25.8 Å². The van der Waals surface area contributed by atoms with Gasteiger partial charge in [0.25, 0.3) is 5.91 Å². The zero-order chi connectivity index (χ0) is 11.3. The molecular weight excluding hydrogens is 196 g/mol. The van der Waals surface area contributed by atoms with Crippen LogP contribution in [0.2, 0.25) is 0 Å². The molecule has 0 aliphatic carbocycles. The van der Waals surface area contributed by atoms with Crippen molar-refractivity contribution in [3.8, 4) is 0 Å². The van der Waals surface area contributed by atoms with Gasteiger partial charge in [-0.25, -0.2) is 0 Å². The predicted molar refractivity (Wildman–Crippen MR) is 56.2 cm³/mol. The second-order valence-corrected chi connectivity index (χ2v) is 3.30. The van der Waals surface area contributed by atoms with Gasteiger partial charge in [0, 0.05) is 18.7 Å². The lowest BCUT2D eigenvalue weighted by Crippen LogP contribution is -2.35. The van der Waals surface area contributed by atoms with E-state index >= 15 is 0 Å². The van der Waals surface area contributed by atoms with Crippen molar-refractivity contribution in [2.75, 3.05) is 12.3 Å². The average molecular weight is 212 g/mol. The monoisotopic (exact) mass is 212 g/mol. The lowest BCUT2D eigenvalue weighted by molar-refractivity contribution is 0.0924. The number of carbonyl (C=O) groups excluding carboxylic acids is 1. The normalized spacial score (nSPS) is 12.4. The van der Waals surface area contributed by atoms with E-state index in [-0.39, 0.29) is 24.4 Å². The van der Waals surface area contributed by atoms with Crippen molar-refractivity contribution in [3.63, 3.8) is 0 Å². The molecule has 1 aromatic heterocycles. The summed E-state index contributed by atoms with van der Waals surface area (Å²) < 4.78 is 0. The number of hydrogen-bond acceptors (Lipinski definition) is 4. The van der Waals surface area contributed by atoms with Gasteiger partial charge in [0.1, 0.15) is 11.5 Å². The largest absolute Gasteiger partial charge is 0.396 e. The highest BCUT2D eigenvalue weighted by Gasteiger charge is 2.13. The number of rotatable bonds is 5. The summed E-state index contributed by atoms with van der Waals surface area (Å²) in [6.07, 6.45) is 1.32. The molecule has 0 saturated heterocycles. The summed E-state index contributed by atoms with van der Waals surface area (Å²) in [7, 11) is 0. The molecule has 6 nitrogen and oxygen atoms in total. The molecule has 0 aliphatic rings. The van der Waals surface area contributed by atoms with E-state index in [1.807, 2.05) is 6.92 Å². The maximum atomic E-state index is 11.6. The van der Waals surface area contributed by atoms with Crippen LogP contribution in [0, 0.1) is 0 Å². The molecule has 0 aliphatic heterocycles. The van der Waals surface area contributed by atoms with Crippen molar-refractivity contribution in [3.05, 3.63) is 11.8 Å². The van der Waals surface area contributed by atoms with E-state index in [1.165, 1.54) is 6.07 Å². The molecular formula is C9H16N4O2. The first-order chi connectivity index (χ1) is 7.17. The van der Waals surface area contributed by atoms with Gasteiger partial charge in [-0.3, -0.25) is 9.89 Å². The van der Waals surface area contributed by atoms with Crippen LogP contribution in [0.15, 0.2) is 6.07 Å². The highest BCUT2D eigenvalue weighted by atomic mass is 16.3. The second kappa shape index (κ2) is 5.35. The second-order valence-electron chi connectivity index (χ2n) is 3.30. The number of H-pyrrole nitrogens is 1. The maximum Gasteiger partial charge on any atom is 0.269 e. The topological polar surface area (TPSA) is 104 Å². The summed E-state index contributed by atoms with van der Waals surface area (Å²) in [6.45, 7) is 2.01. The summed E-state index contributed by atoms with van der Waals surface area (Å²) in [6, 6.07) is 1.45. The number of aromatic amines is 1. The van der Waals surface area contributed by atoms with E-state index in [0.29, 0.717) is 12.1 Å². The Morgan fingerprint density at radius 2 is 2.53 bits per heavy atom. The smallest absolute Gasteiger partial charge is 0.269 e. The summed E-state index contributed by atoms with van der Waals surface area (Å²) in [4.78, 5) is 11.6. The lowest BCUT2D eigenvalue weighted by atomic mass is 10.1. The molecule has 15 heavy (non-hydrogen) atoms. The first kappa shape index (κ1) is 11.5. The Morgan fingerprint density at radius 1 is 1.80 bits per heavy atom. The van der Waals surface area contributed by atoms with Gasteiger partial charge in [-0.1, -0.05) is 6.92 Å². The first-order valence-corrected chi connectivity index (χ1v) is 4.90. The Hall–Kier alpha value is -1.56. The fraction of sp³-hybridized carbons (Fsp3) is 0.556. The fourth-order valence-corrected chi connectivity index (χ4v) is 1.25. The summed E-state index contributed by atoms with van der Waals surface area (Å²) in [5.41, 5.74) is 5.71. The van der Waals surface area contributed by atoms with E-state index in [0.717, 1.165) is 6.42 Å². The molecule has 84 valence electrons. The van der Waals surface area contributed by atoms with Crippen molar-refractivity contribution in [2.24, 2.45) is 0 Å². The number of carbonyl (C=O) groups is 1. The van der Waals surface area contributed by atoms with E-state index in [1.54, 1.807) is 0 Å². The van der Waals surface area contributed by atoms with Crippen LogP contribution in [-0.2, 0) is 0 Å². The maximum absolute atomic E-state index is 11.6. The molecule has 0 saturated carbocycles. The summed E-state index contributed by atoms with van der Waals surface area (Å²) >= 11 is 0. The highest BCUT2D eigenvalue weighted by molar-refractivity contribution is 5.93. The molecule has 0 fully saturated rings. The number of aromatic nitrogens is 2. The van der Waals surface area contributed by atoms with Gasteiger partial charge in [0.05, 0.1) is 0 Å². The van der Waals surface area contributed by atoms with Crippen molar-refractivity contribution in [1.29, 1.82) is 0 Å². The van der Waals surface area contributed by atoms with Gasteiger partial charge < -0.3 is 16.2 Å². The van der Waals surface area contributed by atoms with E-state index < -0.39 is 0 Å². The van der Waals surface area contributed by atoms with Gasteiger partial charge in [0.2, 0.25) is 0 Å². The predicted octanol–water partition coefficient (Wildman–Crippen LogP) is -0.117.